The van der Waals surface area contributed by atoms with Crippen LogP contribution in [0.3, 0.4) is 0 Å². The lowest BCUT2D eigenvalue weighted by molar-refractivity contribution is -0.384. The maximum atomic E-state index is 12.4. The Kier molecular flexibility index (Phi) is 5.80. The summed E-state index contributed by atoms with van der Waals surface area (Å²) in [6.07, 6.45) is 3.29. The van der Waals surface area contributed by atoms with E-state index < -0.39 is 4.92 Å². The van der Waals surface area contributed by atoms with Gasteiger partial charge in [0, 0.05) is 42.9 Å². The topological polar surface area (TPSA) is 92.6 Å². The molecule has 140 valence electrons. The van der Waals surface area contributed by atoms with Gasteiger partial charge < -0.3 is 10.2 Å². The average molecular weight is 367 g/mol. The molecule has 1 N–H and O–H groups in total. The number of nitrogens with zero attached hydrogens (tertiary/aromatic N) is 2. The first-order valence-electron chi connectivity index (χ1n) is 8.95. The van der Waals surface area contributed by atoms with E-state index in [4.69, 9.17) is 0 Å². The van der Waals surface area contributed by atoms with E-state index in [1.165, 1.54) is 30.7 Å². The molecule has 0 aromatic heterocycles. The van der Waals surface area contributed by atoms with Gasteiger partial charge in [-0.25, -0.2) is 0 Å². The van der Waals surface area contributed by atoms with Gasteiger partial charge in [-0.15, -0.1) is 0 Å². The fraction of sp³-hybridized carbons (Fsp3) is 0.300. The van der Waals surface area contributed by atoms with E-state index in [0.717, 1.165) is 31.5 Å². The van der Waals surface area contributed by atoms with Gasteiger partial charge in [-0.05, 0) is 49.1 Å². The number of benzene rings is 2. The minimum Gasteiger partial charge on any atom is -0.348 e. The summed E-state index contributed by atoms with van der Waals surface area (Å²) in [5.41, 5.74) is 1.83. The Morgan fingerprint density at radius 2 is 1.52 bits per heavy atom. The molecule has 1 heterocycles. The van der Waals surface area contributed by atoms with Gasteiger partial charge in [-0.1, -0.05) is 12.1 Å². The van der Waals surface area contributed by atoms with E-state index in [-0.39, 0.29) is 17.5 Å². The van der Waals surface area contributed by atoms with Crippen molar-refractivity contribution in [2.75, 3.05) is 13.1 Å². The standard InChI is InChI=1S/C20H21N3O4/c24-19(16-8-10-18(11-9-16)23(26)27)21-14-15-4-6-17(7-5-15)20(25)22-12-2-1-3-13-22/h4-11H,1-3,12-14H2,(H,21,24). The summed E-state index contributed by atoms with van der Waals surface area (Å²) in [6, 6.07) is 12.7. The van der Waals surface area contributed by atoms with Crippen molar-refractivity contribution in [3.8, 4) is 0 Å². The lowest BCUT2D eigenvalue weighted by Crippen LogP contribution is -2.35. The van der Waals surface area contributed by atoms with Gasteiger partial charge in [0.05, 0.1) is 4.92 Å². The summed E-state index contributed by atoms with van der Waals surface area (Å²) < 4.78 is 0. The number of non-ortho nitro benzene ring substituents is 1. The minimum atomic E-state index is -0.506. The molecule has 0 atom stereocenters. The van der Waals surface area contributed by atoms with Gasteiger partial charge in [0.25, 0.3) is 17.5 Å². The number of carbonyl (C=O) groups is 2. The average Bonchev–Trinajstić information content (AvgIpc) is 2.72. The van der Waals surface area contributed by atoms with Crippen molar-refractivity contribution < 1.29 is 14.5 Å². The number of amides is 2. The first-order chi connectivity index (χ1) is 13.0. The van der Waals surface area contributed by atoms with E-state index in [0.29, 0.717) is 17.7 Å². The molecular weight excluding hydrogens is 346 g/mol. The highest BCUT2D eigenvalue weighted by molar-refractivity contribution is 5.95. The quantitative estimate of drug-likeness (QED) is 0.649. The summed E-state index contributed by atoms with van der Waals surface area (Å²) in [5, 5.41) is 13.4. The summed E-state index contributed by atoms with van der Waals surface area (Å²) in [7, 11) is 0. The Hall–Kier alpha value is -3.22. The zero-order chi connectivity index (χ0) is 19.2. The first kappa shape index (κ1) is 18.6. The Morgan fingerprint density at radius 3 is 2.11 bits per heavy atom. The van der Waals surface area contributed by atoms with Crippen molar-refractivity contribution in [2.24, 2.45) is 0 Å². The Balaban J connectivity index is 1.55. The van der Waals surface area contributed by atoms with Crippen LogP contribution in [0, 0.1) is 10.1 Å². The summed E-state index contributed by atoms with van der Waals surface area (Å²) in [6.45, 7) is 1.94. The van der Waals surface area contributed by atoms with Crippen LogP contribution < -0.4 is 5.32 Å². The Labute approximate surface area is 157 Å². The zero-order valence-corrected chi connectivity index (χ0v) is 14.9. The van der Waals surface area contributed by atoms with Crippen LogP contribution in [0.1, 0.15) is 45.5 Å². The van der Waals surface area contributed by atoms with Crippen molar-refractivity contribution in [1.29, 1.82) is 0 Å². The van der Waals surface area contributed by atoms with Gasteiger partial charge in [-0.2, -0.15) is 0 Å². The van der Waals surface area contributed by atoms with Crippen molar-refractivity contribution in [3.63, 3.8) is 0 Å². The molecule has 7 nitrogen and oxygen atoms in total. The Morgan fingerprint density at radius 1 is 0.926 bits per heavy atom. The molecule has 0 saturated carbocycles. The predicted octanol–water partition coefficient (Wildman–Crippen LogP) is 3.15. The molecule has 1 aliphatic heterocycles. The fourth-order valence-corrected chi connectivity index (χ4v) is 3.06. The first-order valence-corrected chi connectivity index (χ1v) is 8.95. The van der Waals surface area contributed by atoms with Crippen LogP contribution in [-0.2, 0) is 6.54 Å². The van der Waals surface area contributed by atoms with E-state index in [1.807, 2.05) is 17.0 Å². The molecule has 7 heteroatoms. The largest absolute Gasteiger partial charge is 0.348 e. The monoisotopic (exact) mass is 367 g/mol. The number of piperidine rings is 1. The van der Waals surface area contributed by atoms with E-state index in [1.54, 1.807) is 12.1 Å². The molecule has 1 fully saturated rings. The second-order valence-electron chi connectivity index (χ2n) is 6.54. The molecule has 1 aliphatic rings. The van der Waals surface area contributed by atoms with Crippen LogP contribution in [0.2, 0.25) is 0 Å². The molecule has 3 rings (SSSR count). The number of likely N-dealkylation sites (tertiary alicyclic amines) is 1. The molecule has 2 aromatic rings. The smallest absolute Gasteiger partial charge is 0.269 e. The molecule has 0 radical (unpaired) electrons. The lowest BCUT2D eigenvalue weighted by atomic mass is 10.1. The maximum absolute atomic E-state index is 12.4. The van der Waals surface area contributed by atoms with Crippen molar-refractivity contribution in [1.82, 2.24) is 10.2 Å². The molecule has 0 bridgehead atoms. The van der Waals surface area contributed by atoms with E-state index in [9.17, 15) is 19.7 Å². The summed E-state index contributed by atoms with van der Waals surface area (Å²) >= 11 is 0. The van der Waals surface area contributed by atoms with Gasteiger partial charge in [0.1, 0.15) is 0 Å². The number of hydrogen-bond donors (Lipinski definition) is 1. The SMILES string of the molecule is O=C(NCc1ccc(C(=O)N2CCCCC2)cc1)c1ccc([N+](=O)[O-])cc1. The fourth-order valence-electron chi connectivity index (χ4n) is 3.06. The highest BCUT2D eigenvalue weighted by Crippen LogP contribution is 2.14. The second-order valence-corrected chi connectivity index (χ2v) is 6.54. The number of nitrogens with one attached hydrogen (secondary N) is 1. The van der Waals surface area contributed by atoms with Gasteiger partial charge in [0.15, 0.2) is 0 Å². The number of hydrogen-bond acceptors (Lipinski definition) is 4. The lowest BCUT2D eigenvalue weighted by Gasteiger charge is -2.26. The van der Waals surface area contributed by atoms with Crippen molar-refractivity contribution >= 4 is 17.5 Å². The minimum absolute atomic E-state index is 0.0520. The number of carbonyl (C=O) groups excluding carboxylic acids is 2. The molecule has 1 saturated heterocycles. The van der Waals surface area contributed by atoms with Crippen LogP contribution >= 0.6 is 0 Å². The zero-order valence-electron chi connectivity index (χ0n) is 14.9. The van der Waals surface area contributed by atoms with Crippen LogP contribution in [0.15, 0.2) is 48.5 Å². The molecule has 2 aromatic carbocycles. The molecule has 0 unspecified atom stereocenters. The molecule has 2 amide bonds. The van der Waals surface area contributed by atoms with Crippen LogP contribution in [0.25, 0.3) is 0 Å². The van der Waals surface area contributed by atoms with E-state index in [2.05, 4.69) is 5.32 Å². The van der Waals surface area contributed by atoms with Crippen LogP contribution in [-0.4, -0.2) is 34.7 Å². The van der Waals surface area contributed by atoms with Gasteiger partial charge in [-0.3, -0.25) is 19.7 Å². The molecular formula is C20H21N3O4. The summed E-state index contributed by atoms with van der Waals surface area (Å²) in [4.78, 5) is 36.6. The van der Waals surface area contributed by atoms with E-state index >= 15 is 0 Å². The number of rotatable bonds is 5. The Bertz CT molecular complexity index is 825. The predicted molar refractivity (Wildman–Crippen MR) is 100 cm³/mol. The summed E-state index contributed by atoms with van der Waals surface area (Å²) in [5.74, 6) is -0.255. The maximum Gasteiger partial charge on any atom is 0.269 e. The number of nitro benzene ring substituents is 1. The highest BCUT2D eigenvalue weighted by atomic mass is 16.6. The van der Waals surface area contributed by atoms with Gasteiger partial charge in [0.2, 0.25) is 0 Å². The second kappa shape index (κ2) is 8.44. The highest BCUT2D eigenvalue weighted by Gasteiger charge is 2.18. The molecule has 0 spiro atoms. The molecule has 27 heavy (non-hydrogen) atoms. The van der Waals surface area contributed by atoms with Crippen molar-refractivity contribution in [2.45, 2.75) is 25.8 Å². The molecule has 0 aliphatic carbocycles. The van der Waals surface area contributed by atoms with Crippen LogP contribution in [0.5, 0.6) is 0 Å². The van der Waals surface area contributed by atoms with Crippen molar-refractivity contribution in [3.05, 3.63) is 75.3 Å². The third-order valence-electron chi connectivity index (χ3n) is 4.64. The van der Waals surface area contributed by atoms with Gasteiger partial charge >= 0.3 is 0 Å². The van der Waals surface area contributed by atoms with Crippen LogP contribution in [0.4, 0.5) is 5.69 Å². The normalized spacial score (nSPS) is 13.9. The number of nitro groups is 1. The third kappa shape index (κ3) is 4.69. The third-order valence-corrected chi connectivity index (χ3v) is 4.64.